The van der Waals surface area contributed by atoms with Crippen molar-refractivity contribution in [2.75, 3.05) is 16.8 Å². The Morgan fingerprint density at radius 1 is 1.05 bits per heavy atom. The van der Waals surface area contributed by atoms with Crippen LogP contribution in [-0.2, 0) is 16.0 Å². The van der Waals surface area contributed by atoms with Crippen molar-refractivity contribution in [2.45, 2.75) is 12.8 Å². The summed E-state index contributed by atoms with van der Waals surface area (Å²) in [6.07, 6.45) is 6.25. The molecule has 4 aliphatic rings. The lowest BCUT2D eigenvalue weighted by atomic mass is 9.85. The number of rotatable bonds is 1. The van der Waals surface area contributed by atoms with Gasteiger partial charge in [0.05, 0.1) is 17.5 Å². The van der Waals surface area contributed by atoms with Gasteiger partial charge in [-0.05, 0) is 42.4 Å². The molecule has 0 spiro atoms. The van der Waals surface area contributed by atoms with Crippen LogP contribution in [0.25, 0.3) is 0 Å². The average molecular weight is 280 g/mol. The van der Waals surface area contributed by atoms with Crippen LogP contribution in [0.4, 0.5) is 11.4 Å². The lowest BCUT2D eigenvalue weighted by Gasteiger charge is -2.18. The minimum Gasteiger partial charge on any atom is -0.384 e. The van der Waals surface area contributed by atoms with E-state index in [0.717, 1.165) is 30.8 Å². The molecule has 5 rings (SSSR count). The fourth-order valence-corrected chi connectivity index (χ4v) is 4.57. The summed E-state index contributed by atoms with van der Waals surface area (Å²) in [5, 5.41) is 3.31. The molecule has 1 saturated heterocycles. The number of imide groups is 1. The van der Waals surface area contributed by atoms with E-state index in [0.29, 0.717) is 0 Å². The van der Waals surface area contributed by atoms with Gasteiger partial charge in [0.25, 0.3) is 0 Å². The largest absolute Gasteiger partial charge is 0.384 e. The molecule has 4 nitrogen and oxygen atoms in total. The normalized spacial score (nSPS) is 35.3. The summed E-state index contributed by atoms with van der Waals surface area (Å²) in [4.78, 5) is 26.9. The second-order valence-electron chi connectivity index (χ2n) is 6.53. The van der Waals surface area contributed by atoms with Gasteiger partial charge in [-0.25, -0.2) is 4.90 Å². The van der Waals surface area contributed by atoms with E-state index < -0.39 is 0 Å². The van der Waals surface area contributed by atoms with Crippen molar-refractivity contribution in [1.29, 1.82) is 0 Å². The molecule has 2 amide bonds. The van der Waals surface area contributed by atoms with Gasteiger partial charge < -0.3 is 5.32 Å². The van der Waals surface area contributed by atoms with Crippen molar-refractivity contribution in [3.8, 4) is 0 Å². The molecule has 1 saturated carbocycles. The third kappa shape index (κ3) is 1.35. The fraction of sp³-hybridized carbons (Fsp3) is 0.412. The monoisotopic (exact) mass is 280 g/mol. The maximum absolute atomic E-state index is 12.7. The first-order valence-electron chi connectivity index (χ1n) is 7.67. The maximum Gasteiger partial charge on any atom is 0.238 e. The predicted molar refractivity (Wildman–Crippen MR) is 78.8 cm³/mol. The summed E-state index contributed by atoms with van der Waals surface area (Å²) in [5.41, 5.74) is 3.05. The number of amides is 2. The number of benzene rings is 1. The molecule has 0 unspecified atom stereocenters. The molecule has 1 aromatic rings. The first kappa shape index (κ1) is 11.5. The van der Waals surface area contributed by atoms with E-state index in [4.69, 9.17) is 0 Å². The van der Waals surface area contributed by atoms with E-state index in [9.17, 15) is 9.59 Å². The molecule has 4 atom stereocenters. The second kappa shape index (κ2) is 3.75. The maximum atomic E-state index is 12.7. The van der Waals surface area contributed by atoms with Crippen molar-refractivity contribution in [3.63, 3.8) is 0 Å². The van der Waals surface area contributed by atoms with Gasteiger partial charge >= 0.3 is 0 Å². The van der Waals surface area contributed by atoms with E-state index in [1.54, 1.807) is 0 Å². The zero-order valence-electron chi connectivity index (χ0n) is 11.6. The predicted octanol–water partition coefficient (Wildman–Crippen LogP) is 1.97. The number of carbonyl (C=O) groups excluding carboxylic acids is 2. The van der Waals surface area contributed by atoms with Crippen LogP contribution in [0.2, 0.25) is 0 Å². The van der Waals surface area contributed by atoms with Crippen molar-refractivity contribution in [2.24, 2.45) is 23.7 Å². The number of hydrogen-bond donors (Lipinski definition) is 1. The van der Waals surface area contributed by atoms with Crippen molar-refractivity contribution in [1.82, 2.24) is 0 Å². The molecule has 0 aromatic heterocycles. The van der Waals surface area contributed by atoms with Gasteiger partial charge in [0.15, 0.2) is 0 Å². The standard InChI is InChI=1S/C17H16N2O2/c20-16-14-10-1-2-11(7-10)15(14)17(21)19(16)12-4-3-9-5-6-18-13(9)8-12/h1-4,8,10-11,14-15,18H,5-7H2/t10-,11+,14-,15+. The fourth-order valence-electron chi connectivity index (χ4n) is 4.57. The van der Waals surface area contributed by atoms with Crippen LogP contribution in [0.5, 0.6) is 0 Å². The first-order chi connectivity index (χ1) is 10.2. The highest BCUT2D eigenvalue weighted by Gasteiger charge is 2.59. The lowest BCUT2D eigenvalue weighted by molar-refractivity contribution is -0.123. The molecule has 4 heteroatoms. The van der Waals surface area contributed by atoms with Crippen LogP contribution >= 0.6 is 0 Å². The van der Waals surface area contributed by atoms with Crippen molar-refractivity contribution >= 4 is 23.2 Å². The molecule has 21 heavy (non-hydrogen) atoms. The number of carbonyl (C=O) groups is 2. The van der Waals surface area contributed by atoms with Crippen LogP contribution in [0.3, 0.4) is 0 Å². The molecular weight excluding hydrogens is 264 g/mol. The van der Waals surface area contributed by atoms with E-state index >= 15 is 0 Å². The Bertz CT molecular complexity index is 679. The van der Waals surface area contributed by atoms with Crippen molar-refractivity contribution < 1.29 is 9.59 Å². The van der Waals surface area contributed by atoms with Gasteiger partial charge in [-0.2, -0.15) is 0 Å². The third-order valence-electron chi connectivity index (χ3n) is 5.53. The average Bonchev–Trinajstić information content (AvgIpc) is 3.22. The van der Waals surface area contributed by atoms with Gasteiger partial charge in [0.1, 0.15) is 0 Å². The number of hydrogen-bond acceptors (Lipinski definition) is 3. The Kier molecular flexibility index (Phi) is 2.06. The summed E-state index contributed by atoms with van der Waals surface area (Å²) >= 11 is 0. The number of anilines is 2. The Morgan fingerprint density at radius 3 is 2.48 bits per heavy atom. The van der Waals surface area contributed by atoms with Crippen LogP contribution < -0.4 is 10.2 Å². The van der Waals surface area contributed by atoms with Crippen LogP contribution in [0.1, 0.15) is 12.0 Å². The summed E-state index contributed by atoms with van der Waals surface area (Å²) in [7, 11) is 0. The molecule has 2 fully saturated rings. The molecular formula is C17H16N2O2. The van der Waals surface area contributed by atoms with E-state index in [1.807, 2.05) is 18.2 Å². The zero-order chi connectivity index (χ0) is 14.1. The Hall–Kier alpha value is -2.10. The number of fused-ring (bicyclic) bond motifs is 6. The highest BCUT2D eigenvalue weighted by atomic mass is 16.2. The Morgan fingerprint density at radius 2 is 1.76 bits per heavy atom. The summed E-state index contributed by atoms with van der Waals surface area (Å²) in [6, 6.07) is 5.90. The van der Waals surface area contributed by atoms with E-state index in [-0.39, 0.29) is 35.5 Å². The Labute approximate surface area is 122 Å². The van der Waals surface area contributed by atoms with Gasteiger partial charge in [-0.3, -0.25) is 9.59 Å². The number of nitrogens with zero attached hydrogens (tertiary/aromatic N) is 1. The van der Waals surface area contributed by atoms with Gasteiger partial charge in [0, 0.05) is 12.2 Å². The topological polar surface area (TPSA) is 49.4 Å². The van der Waals surface area contributed by atoms with Gasteiger partial charge in [0.2, 0.25) is 11.8 Å². The summed E-state index contributed by atoms with van der Waals surface area (Å²) < 4.78 is 0. The van der Waals surface area contributed by atoms with Crippen LogP contribution in [-0.4, -0.2) is 18.4 Å². The summed E-state index contributed by atoms with van der Waals surface area (Å²) in [6.45, 7) is 0.931. The summed E-state index contributed by atoms with van der Waals surface area (Å²) in [5.74, 6) is 0.310. The van der Waals surface area contributed by atoms with Gasteiger partial charge in [-0.15, -0.1) is 0 Å². The minimum atomic E-state index is -0.117. The number of nitrogens with one attached hydrogen (secondary N) is 1. The third-order valence-corrected chi connectivity index (χ3v) is 5.53. The highest BCUT2D eigenvalue weighted by molar-refractivity contribution is 6.23. The molecule has 1 N–H and O–H groups in total. The van der Waals surface area contributed by atoms with E-state index in [1.165, 1.54) is 10.5 Å². The minimum absolute atomic E-state index is 0.000188. The van der Waals surface area contributed by atoms with Crippen molar-refractivity contribution in [3.05, 3.63) is 35.9 Å². The second-order valence-corrected chi connectivity index (χ2v) is 6.53. The zero-order valence-corrected chi connectivity index (χ0v) is 11.6. The molecule has 2 aliphatic carbocycles. The van der Waals surface area contributed by atoms with Gasteiger partial charge in [-0.1, -0.05) is 18.2 Å². The smallest absolute Gasteiger partial charge is 0.238 e. The van der Waals surface area contributed by atoms with Crippen LogP contribution in [0, 0.1) is 23.7 Å². The quantitative estimate of drug-likeness (QED) is 0.632. The lowest BCUT2D eigenvalue weighted by Crippen LogP contribution is -2.32. The molecule has 2 aliphatic heterocycles. The molecule has 106 valence electrons. The SMILES string of the molecule is O=C1[C@@H]2[C@H](C(=O)N1c1ccc3c(c1)NCC3)[C@@H]1C=C[C@H]2C1. The van der Waals surface area contributed by atoms with Crippen LogP contribution in [0.15, 0.2) is 30.4 Å². The molecule has 1 aromatic carbocycles. The molecule has 2 heterocycles. The van der Waals surface area contributed by atoms with E-state index in [2.05, 4.69) is 17.5 Å². The Balaban J connectivity index is 1.56. The highest BCUT2D eigenvalue weighted by Crippen LogP contribution is 2.53. The number of allylic oxidation sites excluding steroid dienone is 2. The molecule has 2 bridgehead atoms. The first-order valence-corrected chi connectivity index (χ1v) is 7.67. The molecule has 0 radical (unpaired) electrons.